The molecule has 8 nitrogen and oxygen atoms in total. The van der Waals surface area contributed by atoms with Crippen LogP contribution in [0.25, 0.3) is 0 Å². The van der Waals surface area contributed by atoms with Gasteiger partial charge < -0.3 is 10.6 Å². The zero-order valence-electron chi connectivity index (χ0n) is 15.8. The molecule has 4 rings (SSSR count). The largest absolute Gasteiger partial charge is 0.312 e. The van der Waals surface area contributed by atoms with Gasteiger partial charge in [-0.3, -0.25) is 29.4 Å². The van der Waals surface area contributed by atoms with Gasteiger partial charge in [0.25, 0.3) is 11.8 Å². The maximum Gasteiger partial charge on any atom is 0.262 e. The lowest BCUT2D eigenvalue weighted by Gasteiger charge is -2.28. The second-order valence-electron chi connectivity index (χ2n) is 7.66. The molecule has 1 aromatic carbocycles. The molecule has 3 N–H and O–H groups in total. The molecule has 2 fully saturated rings. The summed E-state index contributed by atoms with van der Waals surface area (Å²) in [6, 6.07) is 4.90. The lowest BCUT2D eigenvalue weighted by molar-refractivity contribution is -0.136. The molecule has 3 heterocycles. The van der Waals surface area contributed by atoms with E-state index in [0.29, 0.717) is 23.7 Å². The fourth-order valence-electron chi connectivity index (χ4n) is 4.28. The van der Waals surface area contributed by atoms with E-state index in [-0.39, 0.29) is 24.8 Å². The van der Waals surface area contributed by atoms with Crippen LogP contribution < -0.4 is 16.0 Å². The molecule has 4 amide bonds. The van der Waals surface area contributed by atoms with Crippen LogP contribution in [-0.2, 0) is 16.1 Å². The summed E-state index contributed by atoms with van der Waals surface area (Å²) in [6.07, 6.45) is 2.55. The molecule has 2 saturated heterocycles. The Morgan fingerprint density at radius 1 is 1.18 bits per heavy atom. The highest BCUT2D eigenvalue weighted by atomic mass is 16.2. The Hall–Kier alpha value is -2.58. The van der Waals surface area contributed by atoms with E-state index in [0.717, 1.165) is 29.8 Å². The Morgan fingerprint density at radius 2 is 2.00 bits per heavy atom. The number of fused-ring (bicyclic) bond motifs is 1. The van der Waals surface area contributed by atoms with E-state index in [1.165, 1.54) is 0 Å². The molecule has 28 heavy (non-hydrogen) atoms. The Morgan fingerprint density at radius 3 is 2.71 bits per heavy atom. The summed E-state index contributed by atoms with van der Waals surface area (Å²) in [5, 5.41) is 9.12. The third kappa shape index (κ3) is 3.22. The van der Waals surface area contributed by atoms with Crippen LogP contribution in [0.1, 0.15) is 58.9 Å². The van der Waals surface area contributed by atoms with E-state index in [4.69, 9.17) is 0 Å². The highest BCUT2D eigenvalue weighted by Crippen LogP contribution is 2.30. The summed E-state index contributed by atoms with van der Waals surface area (Å²) in [5.41, 5.74) is 1.42. The molecule has 0 bridgehead atoms. The van der Waals surface area contributed by atoms with E-state index in [2.05, 4.69) is 22.9 Å². The Kier molecular flexibility index (Phi) is 4.99. The van der Waals surface area contributed by atoms with E-state index in [9.17, 15) is 19.2 Å². The Labute approximate surface area is 163 Å². The fraction of sp³-hybridized carbons (Fsp3) is 0.500. The maximum absolute atomic E-state index is 13.1. The lowest BCUT2D eigenvalue weighted by Crippen LogP contribution is -2.54. The van der Waals surface area contributed by atoms with Crippen LogP contribution in [0, 0.1) is 0 Å². The van der Waals surface area contributed by atoms with Crippen LogP contribution in [-0.4, -0.2) is 53.2 Å². The number of nitrogens with zero attached hydrogens (tertiary/aromatic N) is 1. The van der Waals surface area contributed by atoms with Gasteiger partial charge in [-0.2, -0.15) is 0 Å². The minimum atomic E-state index is -0.937. The Bertz CT molecular complexity index is 847. The summed E-state index contributed by atoms with van der Waals surface area (Å²) in [6.45, 7) is 3.59. The van der Waals surface area contributed by atoms with E-state index >= 15 is 0 Å². The number of benzene rings is 1. The van der Waals surface area contributed by atoms with Gasteiger partial charge in [-0.05, 0) is 44.4 Å². The number of carbonyl (C=O) groups is 4. The van der Waals surface area contributed by atoms with Crippen LogP contribution in [0.4, 0.5) is 0 Å². The van der Waals surface area contributed by atoms with Crippen molar-refractivity contribution in [1.29, 1.82) is 0 Å². The van der Waals surface area contributed by atoms with E-state index < -0.39 is 23.8 Å². The highest BCUT2D eigenvalue weighted by molar-refractivity contribution is 6.24. The van der Waals surface area contributed by atoms with Crippen LogP contribution in [0.2, 0.25) is 0 Å². The number of imide groups is 2. The molecule has 0 radical (unpaired) electrons. The number of piperidine rings is 1. The standard InChI is InChI=1S/C20H24N4O4/c1-11(14-6-3-9-21-14)22-10-12-4-2-5-13-17(12)20(28)24(19(13)27)15-7-8-16(25)23-18(15)26/h2,4-5,11,14-15,21-22H,3,6-10H2,1H3,(H,23,25,26). The first-order valence-corrected chi connectivity index (χ1v) is 9.77. The van der Waals surface area contributed by atoms with Gasteiger partial charge in [-0.25, -0.2) is 0 Å². The van der Waals surface area contributed by atoms with Gasteiger partial charge >= 0.3 is 0 Å². The minimum Gasteiger partial charge on any atom is -0.312 e. The monoisotopic (exact) mass is 384 g/mol. The summed E-state index contributed by atoms with van der Waals surface area (Å²) in [4.78, 5) is 50.5. The van der Waals surface area contributed by atoms with Crippen molar-refractivity contribution in [3.05, 3.63) is 34.9 Å². The molecule has 0 aromatic heterocycles. The van der Waals surface area contributed by atoms with Crippen molar-refractivity contribution >= 4 is 23.6 Å². The van der Waals surface area contributed by atoms with Crippen molar-refractivity contribution < 1.29 is 19.2 Å². The van der Waals surface area contributed by atoms with Crippen LogP contribution >= 0.6 is 0 Å². The van der Waals surface area contributed by atoms with Crippen LogP contribution in [0.3, 0.4) is 0 Å². The van der Waals surface area contributed by atoms with Gasteiger partial charge in [0.15, 0.2) is 0 Å². The molecule has 1 aromatic rings. The van der Waals surface area contributed by atoms with Crippen molar-refractivity contribution in [2.75, 3.05) is 6.54 Å². The fourth-order valence-corrected chi connectivity index (χ4v) is 4.28. The number of carbonyl (C=O) groups excluding carboxylic acids is 4. The second-order valence-corrected chi connectivity index (χ2v) is 7.66. The topological polar surface area (TPSA) is 108 Å². The molecule has 0 saturated carbocycles. The van der Waals surface area contributed by atoms with Gasteiger partial charge in [0.05, 0.1) is 11.1 Å². The van der Waals surface area contributed by atoms with E-state index in [1.807, 2.05) is 6.07 Å². The first-order chi connectivity index (χ1) is 13.5. The van der Waals surface area contributed by atoms with Gasteiger partial charge in [0.2, 0.25) is 11.8 Å². The summed E-state index contributed by atoms with van der Waals surface area (Å²) < 4.78 is 0. The van der Waals surface area contributed by atoms with Crippen molar-refractivity contribution in [3.63, 3.8) is 0 Å². The summed E-state index contributed by atoms with van der Waals surface area (Å²) in [7, 11) is 0. The van der Waals surface area contributed by atoms with Crippen molar-refractivity contribution in [3.8, 4) is 0 Å². The first-order valence-electron chi connectivity index (χ1n) is 9.77. The van der Waals surface area contributed by atoms with Gasteiger partial charge in [0, 0.05) is 25.0 Å². The zero-order valence-corrected chi connectivity index (χ0v) is 15.8. The smallest absolute Gasteiger partial charge is 0.262 e. The quantitative estimate of drug-likeness (QED) is 0.631. The van der Waals surface area contributed by atoms with Gasteiger partial charge in [-0.15, -0.1) is 0 Å². The first kappa shape index (κ1) is 18.8. The summed E-state index contributed by atoms with van der Waals surface area (Å²) in [5.74, 6) is -1.90. The third-order valence-corrected chi connectivity index (χ3v) is 5.87. The zero-order chi connectivity index (χ0) is 19.8. The normalized spacial score (nSPS) is 25.8. The van der Waals surface area contributed by atoms with E-state index in [1.54, 1.807) is 12.1 Å². The van der Waals surface area contributed by atoms with Crippen LogP contribution in [0.15, 0.2) is 18.2 Å². The third-order valence-electron chi connectivity index (χ3n) is 5.87. The predicted octanol–water partition coefficient (Wildman–Crippen LogP) is 0.318. The average molecular weight is 384 g/mol. The Balaban J connectivity index is 1.54. The number of rotatable bonds is 5. The molecule has 0 spiro atoms. The number of amides is 4. The van der Waals surface area contributed by atoms with Crippen molar-refractivity contribution in [2.24, 2.45) is 0 Å². The number of nitrogens with one attached hydrogen (secondary N) is 3. The highest BCUT2D eigenvalue weighted by Gasteiger charge is 2.45. The SMILES string of the molecule is CC(NCc1cccc2c1C(=O)N(C1CCC(=O)NC1=O)C2=O)C1CCCN1. The molecule has 3 aliphatic heterocycles. The van der Waals surface area contributed by atoms with Crippen molar-refractivity contribution in [1.82, 2.24) is 20.9 Å². The minimum absolute atomic E-state index is 0.115. The number of hydrogen-bond donors (Lipinski definition) is 3. The van der Waals surface area contributed by atoms with Gasteiger partial charge in [-0.1, -0.05) is 12.1 Å². The molecular formula is C20H24N4O4. The lowest BCUT2D eigenvalue weighted by atomic mass is 10.0. The molecular weight excluding hydrogens is 360 g/mol. The predicted molar refractivity (Wildman–Crippen MR) is 100 cm³/mol. The molecule has 8 heteroatoms. The molecule has 3 aliphatic rings. The summed E-state index contributed by atoms with van der Waals surface area (Å²) >= 11 is 0. The second kappa shape index (κ2) is 7.44. The molecule has 3 unspecified atom stereocenters. The average Bonchev–Trinajstić information content (AvgIpc) is 3.29. The van der Waals surface area contributed by atoms with Gasteiger partial charge in [0.1, 0.15) is 6.04 Å². The van der Waals surface area contributed by atoms with Crippen LogP contribution in [0.5, 0.6) is 0 Å². The molecule has 148 valence electrons. The molecule has 0 aliphatic carbocycles. The number of hydrogen-bond acceptors (Lipinski definition) is 6. The molecule has 3 atom stereocenters. The van der Waals surface area contributed by atoms with Crippen molar-refractivity contribution in [2.45, 2.75) is 57.3 Å². The maximum atomic E-state index is 13.1.